The molecule has 1 fully saturated rings. The molecule has 1 aliphatic rings. The van der Waals surface area contributed by atoms with Gasteiger partial charge >= 0.3 is 6.55 Å². The highest BCUT2D eigenvalue weighted by molar-refractivity contribution is 5.81. The fraction of sp³-hybridized carbons (Fsp3) is 0.391. The van der Waals surface area contributed by atoms with Gasteiger partial charge in [-0.05, 0) is 38.8 Å². The standard InChI is InChI=1S/C23H26F2N8O/c1-14(2)33-22-15(9-28-33)5-6-20(30-22)29-21-8-19(31-7-3-4-17(34)13-31)18(11-26-21)16-10-27-32(12-16)23(24)25/h5-6,8-12,14,17,23,34H,3-4,7,13H2,1-2H3,(H,26,29,30)/t17-/m0/s1. The maximum atomic E-state index is 13.1. The Morgan fingerprint density at radius 2 is 1.97 bits per heavy atom. The molecule has 1 aliphatic heterocycles. The van der Waals surface area contributed by atoms with E-state index in [2.05, 4.69) is 25.4 Å². The number of aliphatic hydroxyl groups excluding tert-OH is 1. The molecule has 2 N–H and O–H groups in total. The lowest BCUT2D eigenvalue weighted by Gasteiger charge is -2.33. The van der Waals surface area contributed by atoms with Crippen molar-refractivity contribution in [3.63, 3.8) is 0 Å². The summed E-state index contributed by atoms with van der Waals surface area (Å²) in [6.45, 7) is 2.57. The van der Waals surface area contributed by atoms with Gasteiger partial charge in [-0.1, -0.05) is 0 Å². The van der Waals surface area contributed by atoms with E-state index in [1.807, 2.05) is 36.7 Å². The molecule has 11 heteroatoms. The molecule has 4 aromatic rings. The number of alkyl halides is 2. The summed E-state index contributed by atoms with van der Waals surface area (Å²) < 4.78 is 28.7. The molecule has 5 heterocycles. The van der Waals surface area contributed by atoms with Gasteiger partial charge in [0, 0.05) is 54.1 Å². The Bertz CT molecular complexity index is 1300. The molecule has 0 aromatic carbocycles. The van der Waals surface area contributed by atoms with Crippen molar-refractivity contribution in [2.75, 3.05) is 23.3 Å². The summed E-state index contributed by atoms with van der Waals surface area (Å²) in [5, 5.41) is 22.6. The number of aromatic nitrogens is 6. The van der Waals surface area contributed by atoms with Crippen molar-refractivity contribution in [2.45, 2.75) is 45.4 Å². The normalized spacial score (nSPS) is 16.7. The number of hydrogen-bond donors (Lipinski definition) is 2. The largest absolute Gasteiger partial charge is 0.391 e. The minimum Gasteiger partial charge on any atom is -0.391 e. The first-order valence-corrected chi connectivity index (χ1v) is 11.3. The number of hydrogen-bond acceptors (Lipinski definition) is 7. The van der Waals surface area contributed by atoms with Crippen LogP contribution < -0.4 is 10.2 Å². The third-order valence-electron chi connectivity index (χ3n) is 5.92. The SMILES string of the molecule is CC(C)n1ncc2ccc(Nc3cc(N4CCC[C@H](O)C4)c(-c4cnn(C(F)F)c4)cn3)nc21. The van der Waals surface area contributed by atoms with Crippen LogP contribution in [0, 0.1) is 0 Å². The van der Waals surface area contributed by atoms with Crippen LogP contribution in [0.1, 0.15) is 39.3 Å². The van der Waals surface area contributed by atoms with Crippen molar-refractivity contribution in [3.8, 4) is 11.1 Å². The molecule has 4 aromatic heterocycles. The molecule has 0 bridgehead atoms. The molecule has 0 spiro atoms. The summed E-state index contributed by atoms with van der Waals surface area (Å²) in [7, 11) is 0. The van der Waals surface area contributed by atoms with Gasteiger partial charge in [-0.2, -0.15) is 19.0 Å². The molecular weight excluding hydrogens is 442 g/mol. The van der Waals surface area contributed by atoms with Gasteiger partial charge in [-0.3, -0.25) is 0 Å². The van der Waals surface area contributed by atoms with Crippen LogP contribution in [0.5, 0.6) is 0 Å². The minimum atomic E-state index is -2.72. The van der Waals surface area contributed by atoms with Crippen molar-refractivity contribution < 1.29 is 13.9 Å². The zero-order valence-corrected chi connectivity index (χ0v) is 18.9. The number of piperidine rings is 1. The molecule has 34 heavy (non-hydrogen) atoms. The monoisotopic (exact) mass is 468 g/mol. The third-order valence-corrected chi connectivity index (χ3v) is 5.92. The van der Waals surface area contributed by atoms with Crippen molar-refractivity contribution in [3.05, 3.63) is 43.0 Å². The van der Waals surface area contributed by atoms with Gasteiger partial charge in [0.2, 0.25) is 0 Å². The van der Waals surface area contributed by atoms with E-state index in [-0.39, 0.29) is 6.04 Å². The first-order chi connectivity index (χ1) is 16.4. The molecule has 0 amide bonds. The number of fused-ring (bicyclic) bond motifs is 1. The summed E-state index contributed by atoms with van der Waals surface area (Å²) in [5.74, 6) is 1.17. The predicted molar refractivity (Wildman–Crippen MR) is 125 cm³/mol. The minimum absolute atomic E-state index is 0.170. The molecule has 0 unspecified atom stereocenters. The number of anilines is 3. The van der Waals surface area contributed by atoms with Gasteiger partial charge in [0.15, 0.2) is 5.65 Å². The maximum Gasteiger partial charge on any atom is 0.333 e. The molecule has 5 rings (SSSR count). The topological polar surface area (TPSA) is 96.9 Å². The van der Waals surface area contributed by atoms with Crippen LogP contribution in [0.25, 0.3) is 22.2 Å². The van der Waals surface area contributed by atoms with E-state index >= 15 is 0 Å². The molecule has 1 saturated heterocycles. The van der Waals surface area contributed by atoms with Crippen molar-refractivity contribution in [1.82, 2.24) is 29.5 Å². The first-order valence-electron chi connectivity index (χ1n) is 11.3. The molecule has 0 saturated carbocycles. The molecule has 0 radical (unpaired) electrons. The predicted octanol–water partition coefficient (Wildman–Crippen LogP) is 4.37. The van der Waals surface area contributed by atoms with Crippen LogP contribution in [-0.4, -0.2) is 53.8 Å². The smallest absolute Gasteiger partial charge is 0.333 e. The second-order valence-electron chi connectivity index (χ2n) is 8.73. The Morgan fingerprint density at radius 1 is 1.12 bits per heavy atom. The Kier molecular flexibility index (Phi) is 5.86. The summed E-state index contributed by atoms with van der Waals surface area (Å²) in [6, 6.07) is 5.84. The van der Waals surface area contributed by atoms with Gasteiger partial charge in [0.25, 0.3) is 0 Å². The number of β-amino-alcohol motifs (C(OH)–C–C–N with tert-alkyl or cyclic N) is 1. The molecule has 178 valence electrons. The summed E-state index contributed by atoms with van der Waals surface area (Å²) >= 11 is 0. The van der Waals surface area contributed by atoms with Crippen LogP contribution >= 0.6 is 0 Å². The number of pyridine rings is 2. The zero-order valence-electron chi connectivity index (χ0n) is 18.9. The number of halogens is 2. The lowest BCUT2D eigenvalue weighted by Crippen LogP contribution is -2.38. The average molecular weight is 469 g/mol. The fourth-order valence-electron chi connectivity index (χ4n) is 4.26. The van der Waals surface area contributed by atoms with Crippen LogP contribution in [0.4, 0.5) is 26.1 Å². The van der Waals surface area contributed by atoms with E-state index in [1.54, 1.807) is 12.4 Å². The first kappa shape index (κ1) is 22.2. The van der Waals surface area contributed by atoms with E-state index in [9.17, 15) is 13.9 Å². The quantitative estimate of drug-likeness (QED) is 0.434. The Hall–Kier alpha value is -3.60. The summed E-state index contributed by atoms with van der Waals surface area (Å²) in [4.78, 5) is 11.3. The van der Waals surface area contributed by atoms with E-state index < -0.39 is 12.7 Å². The highest BCUT2D eigenvalue weighted by Gasteiger charge is 2.23. The molecular formula is C23H26F2N8O. The highest BCUT2D eigenvalue weighted by Crippen LogP contribution is 2.35. The number of nitrogens with one attached hydrogen (secondary N) is 1. The number of aliphatic hydroxyl groups is 1. The van der Waals surface area contributed by atoms with Crippen molar-refractivity contribution in [1.29, 1.82) is 0 Å². The lowest BCUT2D eigenvalue weighted by molar-refractivity contribution is 0.0566. The van der Waals surface area contributed by atoms with E-state index in [0.717, 1.165) is 36.1 Å². The van der Waals surface area contributed by atoms with Gasteiger partial charge in [0.1, 0.15) is 11.6 Å². The number of rotatable bonds is 6. The van der Waals surface area contributed by atoms with E-state index in [1.165, 1.54) is 12.4 Å². The Morgan fingerprint density at radius 3 is 2.71 bits per heavy atom. The fourth-order valence-corrected chi connectivity index (χ4v) is 4.26. The van der Waals surface area contributed by atoms with Crippen LogP contribution in [-0.2, 0) is 0 Å². The van der Waals surface area contributed by atoms with E-state index in [4.69, 9.17) is 4.98 Å². The third kappa shape index (κ3) is 4.30. The average Bonchev–Trinajstić information content (AvgIpc) is 3.46. The summed E-state index contributed by atoms with van der Waals surface area (Å²) in [5.41, 5.74) is 2.77. The van der Waals surface area contributed by atoms with Gasteiger partial charge in [-0.15, -0.1) is 0 Å². The summed E-state index contributed by atoms with van der Waals surface area (Å²) in [6.07, 6.45) is 7.26. The highest BCUT2D eigenvalue weighted by atomic mass is 19.3. The second kappa shape index (κ2) is 8.98. The molecule has 0 aliphatic carbocycles. The Labute approximate surface area is 195 Å². The number of nitrogens with zero attached hydrogens (tertiary/aromatic N) is 7. The molecule has 1 atom stereocenters. The molecule has 9 nitrogen and oxygen atoms in total. The second-order valence-corrected chi connectivity index (χ2v) is 8.73. The van der Waals surface area contributed by atoms with Gasteiger partial charge in [-0.25, -0.2) is 19.3 Å². The zero-order chi connectivity index (χ0) is 23.8. The lowest BCUT2D eigenvalue weighted by atomic mass is 10.0. The van der Waals surface area contributed by atoms with Gasteiger partial charge < -0.3 is 15.3 Å². The van der Waals surface area contributed by atoms with Crippen LogP contribution in [0.3, 0.4) is 0 Å². The van der Waals surface area contributed by atoms with Crippen molar-refractivity contribution >= 4 is 28.4 Å². The van der Waals surface area contributed by atoms with Crippen LogP contribution in [0.2, 0.25) is 0 Å². The van der Waals surface area contributed by atoms with Gasteiger partial charge in [0.05, 0.1) is 24.2 Å². The van der Waals surface area contributed by atoms with E-state index in [0.29, 0.717) is 34.0 Å². The van der Waals surface area contributed by atoms with Crippen LogP contribution in [0.15, 0.2) is 43.0 Å². The Balaban J connectivity index is 1.51. The van der Waals surface area contributed by atoms with Crippen molar-refractivity contribution in [2.24, 2.45) is 0 Å². The maximum absolute atomic E-state index is 13.1.